The molecule has 0 saturated heterocycles. The number of hydrogen-bond donors (Lipinski definition) is 1. The van der Waals surface area contributed by atoms with E-state index in [2.05, 4.69) is 20.8 Å². The number of carbonyl (C=O) groups is 1. The van der Waals surface area contributed by atoms with Crippen molar-refractivity contribution in [1.29, 1.82) is 0 Å². The predicted molar refractivity (Wildman–Crippen MR) is 63.2 cm³/mol. The van der Waals surface area contributed by atoms with Crippen LogP contribution in [0.3, 0.4) is 0 Å². The number of carboxylic acid groups (broad SMARTS) is 1. The van der Waals surface area contributed by atoms with Crippen LogP contribution in [0.15, 0.2) is 18.2 Å². The highest BCUT2D eigenvalue weighted by molar-refractivity contribution is 5.62. The normalized spacial score (nSPS) is 12.2. The van der Waals surface area contributed by atoms with Crippen LogP contribution < -0.4 is 4.74 Å². The molecular weight excluding hydrogens is 204 g/mol. The third-order valence-electron chi connectivity index (χ3n) is 2.84. The van der Waals surface area contributed by atoms with Gasteiger partial charge in [-0.2, -0.15) is 0 Å². The van der Waals surface area contributed by atoms with Crippen LogP contribution in [0.25, 0.3) is 0 Å². The number of hydrogen-bond acceptors (Lipinski definition) is 2. The summed E-state index contributed by atoms with van der Waals surface area (Å²) in [6, 6.07) is 5.58. The maximum absolute atomic E-state index is 10.6. The molecule has 0 heterocycles. The molecule has 0 aliphatic rings. The van der Waals surface area contributed by atoms with Gasteiger partial charge >= 0.3 is 6.16 Å². The molecule has 16 heavy (non-hydrogen) atoms. The first kappa shape index (κ1) is 12.6. The molecule has 1 rings (SSSR count). The Hall–Kier alpha value is -1.51. The molecule has 0 aliphatic heterocycles. The second kappa shape index (κ2) is 5.54. The van der Waals surface area contributed by atoms with Crippen LogP contribution in [0.1, 0.15) is 44.2 Å². The molecule has 1 aromatic carbocycles. The van der Waals surface area contributed by atoms with Gasteiger partial charge in [0.25, 0.3) is 0 Å². The molecule has 0 aromatic heterocycles. The second-order valence-corrected chi connectivity index (χ2v) is 3.86. The van der Waals surface area contributed by atoms with E-state index in [-0.39, 0.29) is 0 Å². The Morgan fingerprint density at radius 2 is 2.12 bits per heavy atom. The Balaban J connectivity index is 3.19. The van der Waals surface area contributed by atoms with Gasteiger partial charge in [-0.05, 0) is 30.4 Å². The lowest BCUT2D eigenvalue weighted by Crippen LogP contribution is -2.08. The fourth-order valence-corrected chi connectivity index (χ4v) is 1.84. The highest BCUT2D eigenvalue weighted by atomic mass is 16.7. The highest BCUT2D eigenvalue weighted by Crippen LogP contribution is 2.32. The molecule has 88 valence electrons. The van der Waals surface area contributed by atoms with Gasteiger partial charge in [-0.15, -0.1) is 0 Å². The molecule has 0 fully saturated rings. The van der Waals surface area contributed by atoms with Gasteiger partial charge in [-0.25, -0.2) is 4.79 Å². The smallest absolute Gasteiger partial charge is 0.449 e. The molecule has 1 unspecified atom stereocenters. The summed E-state index contributed by atoms with van der Waals surface area (Å²) in [5.74, 6) is 0.784. The van der Waals surface area contributed by atoms with Crippen molar-refractivity contribution >= 4 is 6.16 Å². The first-order valence-electron chi connectivity index (χ1n) is 5.62. The van der Waals surface area contributed by atoms with Crippen LogP contribution in [-0.2, 0) is 6.42 Å². The van der Waals surface area contributed by atoms with Gasteiger partial charge in [0.15, 0.2) is 0 Å². The monoisotopic (exact) mass is 222 g/mol. The van der Waals surface area contributed by atoms with Crippen LogP contribution in [-0.4, -0.2) is 11.3 Å². The van der Waals surface area contributed by atoms with Crippen molar-refractivity contribution in [2.24, 2.45) is 0 Å². The third-order valence-corrected chi connectivity index (χ3v) is 2.84. The third kappa shape index (κ3) is 2.75. The van der Waals surface area contributed by atoms with Gasteiger partial charge in [0.05, 0.1) is 0 Å². The quantitative estimate of drug-likeness (QED) is 0.622. The SMILES string of the molecule is CCc1cccc(OC(=O)O)c1C(C)CC. The number of aryl methyl sites for hydroxylation is 1. The standard InChI is InChI=1S/C13H18O3/c1-4-9(3)12-10(5-2)7-6-8-11(12)16-13(14)15/h6-9H,4-5H2,1-3H3,(H,14,15). The summed E-state index contributed by atoms with van der Waals surface area (Å²) < 4.78 is 4.83. The van der Waals surface area contributed by atoms with Crippen molar-refractivity contribution in [1.82, 2.24) is 0 Å². The van der Waals surface area contributed by atoms with Crippen molar-refractivity contribution < 1.29 is 14.6 Å². The number of benzene rings is 1. The van der Waals surface area contributed by atoms with Gasteiger partial charge in [0, 0.05) is 5.56 Å². The van der Waals surface area contributed by atoms with E-state index in [1.165, 1.54) is 0 Å². The summed E-state index contributed by atoms with van der Waals surface area (Å²) in [5, 5.41) is 8.69. The summed E-state index contributed by atoms with van der Waals surface area (Å²) in [6.07, 6.45) is 0.599. The first-order valence-corrected chi connectivity index (χ1v) is 5.62. The van der Waals surface area contributed by atoms with Crippen molar-refractivity contribution in [2.75, 3.05) is 0 Å². The van der Waals surface area contributed by atoms with Gasteiger partial charge in [0.1, 0.15) is 5.75 Å². The average Bonchev–Trinajstić information content (AvgIpc) is 2.27. The Morgan fingerprint density at radius 3 is 2.62 bits per heavy atom. The fourth-order valence-electron chi connectivity index (χ4n) is 1.84. The topological polar surface area (TPSA) is 46.5 Å². The molecule has 0 saturated carbocycles. The molecule has 0 amide bonds. The van der Waals surface area contributed by atoms with Gasteiger partial charge in [-0.3, -0.25) is 0 Å². The minimum Gasteiger partial charge on any atom is -0.449 e. The minimum absolute atomic E-state index is 0.311. The van der Waals surface area contributed by atoms with Crippen LogP contribution in [0.4, 0.5) is 4.79 Å². The van der Waals surface area contributed by atoms with Crippen molar-refractivity contribution in [2.45, 2.75) is 39.5 Å². The van der Waals surface area contributed by atoms with E-state index < -0.39 is 6.16 Å². The summed E-state index contributed by atoms with van der Waals surface area (Å²) in [5.41, 5.74) is 2.18. The summed E-state index contributed by atoms with van der Waals surface area (Å²) in [7, 11) is 0. The van der Waals surface area contributed by atoms with E-state index >= 15 is 0 Å². The van der Waals surface area contributed by atoms with Crippen molar-refractivity contribution in [3.63, 3.8) is 0 Å². The van der Waals surface area contributed by atoms with E-state index in [1.807, 2.05) is 12.1 Å². The minimum atomic E-state index is -1.25. The van der Waals surface area contributed by atoms with Gasteiger partial charge in [0.2, 0.25) is 0 Å². The summed E-state index contributed by atoms with van der Waals surface area (Å²) in [4.78, 5) is 10.6. The summed E-state index contributed by atoms with van der Waals surface area (Å²) >= 11 is 0. The van der Waals surface area contributed by atoms with Crippen molar-refractivity contribution in [3.05, 3.63) is 29.3 Å². The van der Waals surface area contributed by atoms with Crippen molar-refractivity contribution in [3.8, 4) is 5.75 Å². The van der Waals surface area contributed by atoms with Gasteiger partial charge in [-0.1, -0.05) is 32.9 Å². The largest absolute Gasteiger partial charge is 0.511 e. The van der Waals surface area contributed by atoms with Crippen LogP contribution >= 0.6 is 0 Å². The average molecular weight is 222 g/mol. The molecule has 3 nitrogen and oxygen atoms in total. The fraction of sp³-hybridized carbons (Fsp3) is 0.462. The van der Waals surface area contributed by atoms with E-state index in [4.69, 9.17) is 9.84 Å². The van der Waals surface area contributed by atoms with Crippen LogP contribution in [0, 0.1) is 0 Å². The molecule has 0 spiro atoms. The molecule has 0 bridgehead atoms. The van der Waals surface area contributed by atoms with E-state index in [0.717, 1.165) is 24.0 Å². The Morgan fingerprint density at radius 1 is 1.44 bits per heavy atom. The molecule has 3 heteroatoms. The highest BCUT2D eigenvalue weighted by Gasteiger charge is 2.16. The molecule has 0 aliphatic carbocycles. The zero-order valence-electron chi connectivity index (χ0n) is 9.99. The van der Waals surface area contributed by atoms with Gasteiger partial charge < -0.3 is 9.84 Å². The number of rotatable bonds is 4. The maximum atomic E-state index is 10.6. The van der Waals surface area contributed by atoms with Crippen LogP contribution in [0.5, 0.6) is 5.75 Å². The van der Waals surface area contributed by atoms with E-state index in [9.17, 15) is 4.79 Å². The lowest BCUT2D eigenvalue weighted by atomic mass is 9.91. The molecule has 0 radical (unpaired) electrons. The molecule has 1 N–H and O–H groups in total. The number of ether oxygens (including phenoxy) is 1. The predicted octanol–water partition coefficient (Wildman–Crippen LogP) is 3.82. The Labute approximate surface area is 96.1 Å². The zero-order chi connectivity index (χ0) is 12.1. The molecule has 1 aromatic rings. The lowest BCUT2D eigenvalue weighted by molar-refractivity contribution is 0.144. The second-order valence-electron chi connectivity index (χ2n) is 3.86. The van der Waals surface area contributed by atoms with E-state index in [0.29, 0.717) is 11.7 Å². The summed E-state index contributed by atoms with van der Waals surface area (Å²) in [6.45, 7) is 6.23. The Bertz CT molecular complexity index is 371. The first-order chi connectivity index (χ1) is 7.60. The molecular formula is C13H18O3. The van der Waals surface area contributed by atoms with Crippen LogP contribution in [0.2, 0.25) is 0 Å². The Kier molecular flexibility index (Phi) is 4.35. The molecule has 1 atom stereocenters. The maximum Gasteiger partial charge on any atom is 0.511 e. The zero-order valence-corrected chi connectivity index (χ0v) is 9.99. The van der Waals surface area contributed by atoms with E-state index in [1.54, 1.807) is 6.07 Å². The lowest BCUT2D eigenvalue weighted by Gasteiger charge is -2.17.